The van der Waals surface area contributed by atoms with Gasteiger partial charge < -0.3 is 20.7 Å². The first-order valence-electron chi connectivity index (χ1n) is 8.81. The molecular weight excluding hydrogens is 340 g/mol. The molecule has 2 amide bonds. The van der Waals surface area contributed by atoms with Gasteiger partial charge in [-0.25, -0.2) is 4.79 Å². The van der Waals surface area contributed by atoms with Gasteiger partial charge in [-0.2, -0.15) is 0 Å². The number of amides is 2. The van der Waals surface area contributed by atoms with Crippen molar-refractivity contribution in [3.8, 4) is 5.75 Å². The van der Waals surface area contributed by atoms with Crippen LogP contribution in [0.25, 0.3) is 0 Å². The predicted octanol–water partition coefficient (Wildman–Crippen LogP) is 3.95. The maximum absolute atomic E-state index is 12.1. The zero-order chi connectivity index (χ0) is 18.5. The minimum absolute atomic E-state index is 0.0607. The monoisotopic (exact) mass is 360 g/mol. The van der Waals surface area contributed by atoms with Crippen LogP contribution in [0, 0.1) is 0 Å². The average molecular weight is 360 g/mol. The number of hydrogen-bond acceptors (Lipinski definition) is 4. The van der Waals surface area contributed by atoms with Gasteiger partial charge >= 0.3 is 6.03 Å². The Morgan fingerprint density at radius 2 is 1.93 bits per heavy atom. The summed E-state index contributed by atoms with van der Waals surface area (Å²) < 4.78 is 6.13. The second kappa shape index (κ2) is 7.78. The third-order valence-electron chi connectivity index (χ3n) is 4.36. The number of carbonyl (C=O) groups is 1. The smallest absolute Gasteiger partial charge is 0.319 e. The van der Waals surface area contributed by atoms with Gasteiger partial charge in [-0.3, -0.25) is 4.98 Å². The Hall–Kier alpha value is -3.54. The number of benzene rings is 2. The van der Waals surface area contributed by atoms with Crippen LogP contribution >= 0.6 is 0 Å². The number of nitrogens with zero attached hydrogens (tertiary/aromatic N) is 1. The second-order valence-electron chi connectivity index (χ2n) is 6.27. The van der Waals surface area contributed by atoms with Gasteiger partial charge in [-0.1, -0.05) is 30.3 Å². The Kier molecular flexibility index (Phi) is 4.87. The molecule has 136 valence electrons. The molecule has 1 aliphatic heterocycles. The van der Waals surface area contributed by atoms with Gasteiger partial charge in [0, 0.05) is 30.7 Å². The summed E-state index contributed by atoms with van der Waals surface area (Å²) in [7, 11) is 0. The Morgan fingerprint density at radius 3 is 2.74 bits per heavy atom. The lowest BCUT2D eigenvalue weighted by Crippen LogP contribution is -2.28. The summed E-state index contributed by atoms with van der Waals surface area (Å²) in [5.74, 6) is 0.724. The first-order chi connectivity index (χ1) is 13.3. The first kappa shape index (κ1) is 16.9. The van der Waals surface area contributed by atoms with Gasteiger partial charge in [-0.05, 0) is 35.4 Å². The van der Waals surface area contributed by atoms with E-state index in [2.05, 4.69) is 20.9 Å². The van der Waals surface area contributed by atoms with Crippen LogP contribution in [-0.2, 0) is 6.54 Å². The van der Waals surface area contributed by atoms with E-state index in [-0.39, 0.29) is 12.1 Å². The molecule has 4 rings (SSSR count). The van der Waals surface area contributed by atoms with E-state index in [0.29, 0.717) is 18.8 Å². The number of urea groups is 1. The fraction of sp³-hybridized carbons (Fsp3) is 0.143. The molecule has 1 aliphatic rings. The Labute approximate surface area is 157 Å². The molecule has 6 heteroatoms. The molecule has 0 saturated heterocycles. The molecule has 0 radical (unpaired) electrons. The quantitative estimate of drug-likeness (QED) is 0.659. The van der Waals surface area contributed by atoms with Crippen LogP contribution in [0.4, 0.5) is 16.2 Å². The number of ether oxygens (including phenoxy) is 1. The largest absolute Gasteiger partial charge is 0.482 e. The van der Waals surface area contributed by atoms with Crippen molar-refractivity contribution in [1.29, 1.82) is 0 Å². The fourth-order valence-corrected chi connectivity index (χ4v) is 2.95. The van der Waals surface area contributed by atoms with Crippen molar-refractivity contribution < 1.29 is 9.53 Å². The lowest BCUT2D eigenvalue weighted by Gasteiger charge is -2.28. The highest BCUT2D eigenvalue weighted by Crippen LogP contribution is 2.36. The van der Waals surface area contributed by atoms with Crippen LogP contribution in [0.2, 0.25) is 0 Å². The summed E-state index contributed by atoms with van der Waals surface area (Å²) in [4.78, 5) is 16.1. The number of hydrogen-bond donors (Lipinski definition) is 3. The molecule has 0 spiro atoms. The SMILES string of the molecule is O=C(NCc1ccncc1)Nc1ccc2c(c1)O[C@@H](c1ccccc1)CN2. The number of pyridine rings is 1. The Morgan fingerprint density at radius 1 is 1.11 bits per heavy atom. The van der Waals surface area contributed by atoms with E-state index >= 15 is 0 Å². The van der Waals surface area contributed by atoms with E-state index in [9.17, 15) is 4.79 Å². The summed E-state index contributed by atoms with van der Waals surface area (Å²) in [6, 6.07) is 19.1. The summed E-state index contributed by atoms with van der Waals surface area (Å²) in [6.07, 6.45) is 3.34. The molecule has 0 bridgehead atoms. The van der Waals surface area contributed by atoms with Gasteiger partial charge in [0.25, 0.3) is 0 Å². The molecule has 1 aromatic heterocycles. The van der Waals surface area contributed by atoms with Gasteiger partial charge in [0.2, 0.25) is 0 Å². The third kappa shape index (κ3) is 4.17. The van der Waals surface area contributed by atoms with E-state index in [1.807, 2.05) is 60.7 Å². The molecular formula is C21H20N4O2. The van der Waals surface area contributed by atoms with E-state index in [1.165, 1.54) is 0 Å². The van der Waals surface area contributed by atoms with E-state index in [4.69, 9.17) is 4.74 Å². The summed E-state index contributed by atoms with van der Waals surface area (Å²) in [6.45, 7) is 1.14. The van der Waals surface area contributed by atoms with Gasteiger partial charge in [0.05, 0.1) is 12.2 Å². The van der Waals surface area contributed by atoms with Crippen LogP contribution in [0.15, 0.2) is 73.1 Å². The maximum Gasteiger partial charge on any atom is 0.319 e. The molecule has 27 heavy (non-hydrogen) atoms. The Bertz CT molecular complexity index is 916. The van der Waals surface area contributed by atoms with Crippen molar-refractivity contribution in [1.82, 2.24) is 10.3 Å². The molecule has 2 heterocycles. The maximum atomic E-state index is 12.1. The molecule has 6 nitrogen and oxygen atoms in total. The van der Waals surface area contributed by atoms with E-state index < -0.39 is 0 Å². The normalized spacial score (nSPS) is 15.0. The number of anilines is 2. The number of aromatic nitrogens is 1. The minimum atomic E-state index is -0.268. The van der Waals surface area contributed by atoms with Gasteiger partial charge in [-0.15, -0.1) is 0 Å². The van der Waals surface area contributed by atoms with E-state index in [0.717, 1.165) is 22.6 Å². The fourth-order valence-electron chi connectivity index (χ4n) is 2.95. The minimum Gasteiger partial charge on any atom is -0.482 e. The number of carbonyl (C=O) groups excluding carboxylic acids is 1. The highest BCUT2D eigenvalue weighted by molar-refractivity contribution is 5.90. The lowest BCUT2D eigenvalue weighted by molar-refractivity contribution is 0.210. The van der Waals surface area contributed by atoms with Gasteiger partial charge in [0.1, 0.15) is 11.9 Å². The van der Waals surface area contributed by atoms with Crippen molar-refractivity contribution >= 4 is 17.4 Å². The summed E-state index contributed by atoms with van der Waals surface area (Å²) in [5.41, 5.74) is 3.70. The van der Waals surface area contributed by atoms with Crippen molar-refractivity contribution in [3.05, 3.63) is 84.2 Å². The molecule has 3 N–H and O–H groups in total. The average Bonchev–Trinajstić information content (AvgIpc) is 2.73. The van der Waals surface area contributed by atoms with Crippen molar-refractivity contribution in [2.24, 2.45) is 0 Å². The molecule has 0 unspecified atom stereocenters. The van der Waals surface area contributed by atoms with Crippen molar-refractivity contribution in [2.45, 2.75) is 12.6 Å². The molecule has 0 saturated carbocycles. The Balaban J connectivity index is 1.40. The van der Waals surface area contributed by atoms with Crippen LogP contribution < -0.4 is 20.7 Å². The summed E-state index contributed by atoms with van der Waals surface area (Å²) >= 11 is 0. The highest BCUT2D eigenvalue weighted by atomic mass is 16.5. The van der Waals surface area contributed by atoms with E-state index in [1.54, 1.807) is 12.4 Å². The first-order valence-corrected chi connectivity index (χ1v) is 8.81. The third-order valence-corrected chi connectivity index (χ3v) is 4.36. The van der Waals surface area contributed by atoms with Crippen molar-refractivity contribution in [3.63, 3.8) is 0 Å². The summed E-state index contributed by atoms with van der Waals surface area (Å²) in [5, 5.41) is 9.05. The molecule has 1 atom stereocenters. The van der Waals surface area contributed by atoms with Crippen LogP contribution in [-0.4, -0.2) is 17.6 Å². The molecule has 0 aliphatic carbocycles. The molecule has 2 aromatic carbocycles. The number of fused-ring (bicyclic) bond motifs is 1. The lowest BCUT2D eigenvalue weighted by atomic mass is 10.1. The molecule has 3 aromatic rings. The zero-order valence-electron chi connectivity index (χ0n) is 14.7. The van der Waals surface area contributed by atoms with Gasteiger partial charge in [0.15, 0.2) is 0 Å². The number of rotatable bonds is 4. The van der Waals surface area contributed by atoms with Crippen LogP contribution in [0.3, 0.4) is 0 Å². The van der Waals surface area contributed by atoms with Crippen LogP contribution in [0.1, 0.15) is 17.2 Å². The standard InChI is InChI=1S/C21H20N4O2/c26-21(24-13-15-8-10-22-11-9-15)25-17-6-7-18-19(12-17)27-20(14-23-18)16-4-2-1-3-5-16/h1-12,20,23H,13-14H2,(H2,24,25,26)/t20-/m1/s1. The topological polar surface area (TPSA) is 75.3 Å². The van der Waals surface area contributed by atoms with Crippen molar-refractivity contribution in [2.75, 3.05) is 17.2 Å². The zero-order valence-corrected chi connectivity index (χ0v) is 14.7. The molecule has 0 fully saturated rings. The van der Waals surface area contributed by atoms with Crippen LogP contribution in [0.5, 0.6) is 5.75 Å². The second-order valence-corrected chi connectivity index (χ2v) is 6.27. The number of nitrogens with one attached hydrogen (secondary N) is 3. The predicted molar refractivity (Wildman–Crippen MR) is 105 cm³/mol. The highest BCUT2D eigenvalue weighted by Gasteiger charge is 2.21.